The molecule has 1 aliphatic carbocycles. The summed E-state index contributed by atoms with van der Waals surface area (Å²) in [6.07, 6.45) is 6.44. The second-order valence-electron chi connectivity index (χ2n) is 6.38. The SMILES string of the molecule is CNC(=O)[C@@H]1CCCC[C@@H]1N[C@@H](C)CCc1ccc(O)cc1. The number of amides is 1. The van der Waals surface area contributed by atoms with Gasteiger partial charge in [0.05, 0.1) is 5.92 Å². The number of aromatic hydroxyl groups is 1. The fraction of sp³-hybridized carbons (Fsp3) is 0.611. The van der Waals surface area contributed by atoms with Gasteiger partial charge in [-0.2, -0.15) is 0 Å². The van der Waals surface area contributed by atoms with Gasteiger partial charge in [-0.05, 0) is 50.3 Å². The van der Waals surface area contributed by atoms with Crippen molar-refractivity contribution in [1.82, 2.24) is 10.6 Å². The van der Waals surface area contributed by atoms with E-state index in [0.717, 1.165) is 32.1 Å². The first-order valence-electron chi connectivity index (χ1n) is 8.35. The van der Waals surface area contributed by atoms with Crippen molar-refractivity contribution in [2.75, 3.05) is 7.05 Å². The van der Waals surface area contributed by atoms with E-state index in [9.17, 15) is 9.90 Å². The van der Waals surface area contributed by atoms with Crippen LogP contribution in [0.1, 0.15) is 44.6 Å². The van der Waals surface area contributed by atoms with E-state index in [1.807, 2.05) is 12.1 Å². The highest BCUT2D eigenvalue weighted by molar-refractivity contribution is 5.79. The second-order valence-corrected chi connectivity index (χ2v) is 6.38. The monoisotopic (exact) mass is 304 g/mol. The number of hydrogen-bond donors (Lipinski definition) is 3. The zero-order valence-electron chi connectivity index (χ0n) is 13.6. The molecule has 0 spiro atoms. The smallest absolute Gasteiger partial charge is 0.224 e. The van der Waals surface area contributed by atoms with Crippen molar-refractivity contribution in [3.63, 3.8) is 0 Å². The topological polar surface area (TPSA) is 61.4 Å². The fourth-order valence-corrected chi connectivity index (χ4v) is 3.32. The maximum Gasteiger partial charge on any atom is 0.224 e. The average Bonchev–Trinajstić information content (AvgIpc) is 2.54. The number of rotatable bonds is 6. The summed E-state index contributed by atoms with van der Waals surface area (Å²) in [5, 5.41) is 15.8. The Kier molecular flexibility index (Phi) is 6.25. The summed E-state index contributed by atoms with van der Waals surface area (Å²) in [6, 6.07) is 8.07. The van der Waals surface area contributed by atoms with Crippen LogP contribution in [-0.2, 0) is 11.2 Å². The largest absolute Gasteiger partial charge is 0.508 e. The molecule has 4 heteroatoms. The van der Waals surface area contributed by atoms with Crippen LogP contribution in [-0.4, -0.2) is 30.1 Å². The molecular formula is C18H28N2O2. The van der Waals surface area contributed by atoms with E-state index in [1.165, 1.54) is 12.0 Å². The maximum absolute atomic E-state index is 12.0. The molecule has 4 nitrogen and oxygen atoms in total. The maximum atomic E-state index is 12.0. The molecule has 2 rings (SSSR count). The molecule has 0 heterocycles. The minimum atomic E-state index is 0.106. The van der Waals surface area contributed by atoms with Crippen molar-refractivity contribution in [2.45, 2.75) is 57.5 Å². The summed E-state index contributed by atoms with van der Waals surface area (Å²) >= 11 is 0. The molecule has 1 amide bonds. The van der Waals surface area contributed by atoms with Gasteiger partial charge in [0, 0.05) is 19.1 Å². The van der Waals surface area contributed by atoms with Gasteiger partial charge in [0.1, 0.15) is 5.75 Å². The molecule has 0 aliphatic heterocycles. The summed E-state index contributed by atoms with van der Waals surface area (Å²) in [5.74, 6) is 0.586. The van der Waals surface area contributed by atoms with Crippen molar-refractivity contribution in [2.24, 2.45) is 5.92 Å². The van der Waals surface area contributed by atoms with Gasteiger partial charge < -0.3 is 15.7 Å². The highest BCUT2D eigenvalue weighted by Crippen LogP contribution is 2.25. The Labute approximate surface area is 133 Å². The molecule has 0 aromatic heterocycles. The lowest BCUT2D eigenvalue weighted by molar-refractivity contribution is -0.126. The summed E-state index contributed by atoms with van der Waals surface area (Å²) in [4.78, 5) is 12.0. The first kappa shape index (κ1) is 16.8. The summed E-state index contributed by atoms with van der Waals surface area (Å²) in [6.45, 7) is 2.19. The predicted octanol–water partition coefficient (Wildman–Crippen LogP) is 2.61. The standard InChI is InChI=1S/C18H28N2O2/c1-13(7-8-14-9-11-15(21)12-10-14)20-17-6-4-3-5-16(17)18(22)19-2/h9-13,16-17,20-21H,3-8H2,1-2H3,(H,19,22)/t13-,16+,17-/m0/s1. The molecule has 1 aromatic carbocycles. The molecule has 1 saturated carbocycles. The molecule has 0 unspecified atom stereocenters. The normalized spacial score (nSPS) is 23.0. The summed E-state index contributed by atoms with van der Waals surface area (Å²) in [7, 11) is 1.72. The Morgan fingerprint density at radius 2 is 1.95 bits per heavy atom. The van der Waals surface area contributed by atoms with E-state index in [4.69, 9.17) is 0 Å². The van der Waals surface area contributed by atoms with Gasteiger partial charge >= 0.3 is 0 Å². The molecule has 22 heavy (non-hydrogen) atoms. The minimum absolute atomic E-state index is 0.106. The number of phenols is 1. The lowest BCUT2D eigenvalue weighted by Crippen LogP contribution is -2.48. The number of phenolic OH excluding ortho intramolecular Hbond substituents is 1. The van der Waals surface area contributed by atoms with Gasteiger partial charge in [0.2, 0.25) is 5.91 Å². The third-order valence-corrected chi connectivity index (χ3v) is 4.65. The number of carbonyl (C=O) groups is 1. The van der Waals surface area contributed by atoms with E-state index in [-0.39, 0.29) is 11.8 Å². The van der Waals surface area contributed by atoms with Gasteiger partial charge in [-0.25, -0.2) is 0 Å². The fourth-order valence-electron chi connectivity index (χ4n) is 3.32. The zero-order chi connectivity index (χ0) is 15.9. The van der Waals surface area contributed by atoms with Crippen LogP contribution in [0.15, 0.2) is 24.3 Å². The third-order valence-electron chi connectivity index (χ3n) is 4.65. The van der Waals surface area contributed by atoms with Crippen LogP contribution in [0.25, 0.3) is 0 Å². The van der Waals surface area contributed by atoms with E-state index in [2.05, 4.69) is 17.6 Å². The van der Waals surface area contributed by atoms with E-state index in [0.29, 0.717) is 17.8 Å². The zero-order valence-corrected chi connectivity index (χ0v) is 13.6. The second kappa shape index (κ2) is 8.18. The van der Waals surface area contributed by atoms with Crippen LogP contribution in [0.2, 0.25) is 0 Å². The summed E-state index contributed by atoms with van der Waals surface area (Å²) in [5.41, 5.74) is 1.23. The van der Waals surface area contributed by atoms with Gasteiger partial charge in [-0.1, -0.05) is 25.0 Å². The number of hydrogen-bond acceptors (Lipinski definition) is 3. The molecule has 1 aliphatic rings. The van der Waals surface area contributed by atoms with Gasteiger partial charge in [-0.15, -0.1) is 0 Å². The molecular weight excluding hydrogens is 276 g/mol. The third kappa shape index (κ3) is 4.73. The number of carbonyl (C=O) groups excluding carboxylic acids is 1. The number of aryl methyl sites for hydroxylation is 1. The molecule has 1 aromatic rings. The molecule has 0 radical (unpaired) electrons. The van der Waals surface area contributed by atoms with Crippen LogP contribution in [0.4, 0.5) is 0 Å². The van der Waals surface area contributed by atoms with Gasteiger partial charge in [0.25, 0.3) is 0 Å². The van der Waals surface area contributed by atoms with Crippen LogP contribution < -0.4 is 10.6 Å². The van der Waals surface area contributed by atoms with E-state index >= 15 is 0 Å². The lowest BCUT2D eigenvalue weighted by atomic mass is 9.83. The summed E-state index contributed by atoms with van der Waals surface area (Å²) < 4.78 is 0. The van der Waals surface area contributed by atoms with Crippen LogP contribution in [0, 0.1) is 5.92 Å². The lowest BCUT2D eigenvalue weighted by Gasteiger charge is -2.33. The number of nitrogens with one attached hydrogen (secondary N) is 2. The Balaban J connectivity index is 1.83. The van der Waals surface area contributed by atoms with Crippen LogP contribution in [0.5, 0.6) is 5.75 Å². The predicted molar refractivity (Wildman–Crippen MR) is 88.8 cm³/mol. The van der Waals surface area contributed by atoms with E-state index < -0.39 is 0 Å². The Bertz CT molecular complexity index is 472. The first-order chi connectivity index (χ1) is 10.6. The van der Waals surface area contributed by atoms with Crippen molar-refractivity contribution in [1.29, 1.82) is 0 Å². The van der Waals surface area contributed by atoms with Crippen molar-refractivity contribution >= 4 is 5.91 Å². The first-order valence-corrected chi connectivity index (χ1v) is 8.35. The number of benzene rings is 1. The van der Waals surface area contributed by atoms with Crippen molar-refractivity contribution in [3.05, 3.63) is 29.8 Å². The highest BCUT2D eigenvalue weighted by Gasteiger charge is 2.30. The molecule has 3 atom stereocenters. The Morgan fingerprint density at radius 1 is 1.27 bits per heavy atom. The van der Waals surface area contributed by atoms with Crippen LogP contribution in [0.3, 0.4) is 0 Å². The molecule has 3 N–H and O–H groups in total. The van der Waals surface area contributed by atoms with Crippen molar-refractivity contribution < 1.29 is 9.90 Å². The Hall–Kier alpha value is -1.55. The highest BCUT2D eigenvalue weighted by atomic mass is 16.3. The average molecular weight is 304 g/mol. The molecule has 0 bridgehead atoms. The van der Waals surface area contributed by atoms with Gasteiger partial charge in [-0.3, -0.25) is 4.79 Å². The van der Waals surface area contributed by atoms with Crippen LogP contribution >= 0.6 is 0 Å². The van der Waals surface area contributed by atoms with Gasteiger partial charge in [0.15, 0.2) is 0 Å². The minimum Gasteiger partial charge on any atom is -0.508 e. The molecule has 1 fully saturated rings. The van der Waals surface area contributed by atoms with Crippen molar-refractivity contribution in [3.8, 4) is 5.75 Å². The van der Waals surface area contributed by atoms with E-state index in [1.54, 1.807) is 19.2 Å². The Morgan fingerprint density at radius 3 is 2.64 bits per heavy atom. The quantitative estimate of drug-likeness (QED) is 0.757. The molecule has 122 valence electrons. The molecule has 0 saturated heterocycles.